The molecule has 2 aromatic carbocycles. The third-order valence-corrected chi connectivity index (χ3v) is 7.44. The van der Waals surface area contributed by atoms with E-state index in [0.29, 0.717) is 25.0 Å². The van der Waals surface area contributed by atoms with E-state index in [4.69, 9.17) is 4.74 Å². The monoisotopic (exact) mass is 579 g/mol. The second kappa shape index (κ2) is 11.5. The largest absolute Gasteiger partial charge is 0.545 e. The number of ether oxygens (including phenoxy) is 1. The zero-order valence-corrected chi connectivity index (χ0v) is 22.4. The number of hydrogen-bond donors (Lipinski definition) is 1. The van der Waals surface area contributed by atoms with E-state index in [-0.39, 0.29) is 46.1 Å². The molecule has 0 unspecified atom stereocenters. The molecule has 0 atom stereocenters. The van der Waals surface area contributed by atoms with E-state index < -0.39 is 47.0 Å². The highest BCUT2D eigenvalue weighted by Crippen LogP contribution is 2.44. The molecule has 5 rings (SSSR count). The molecule has 1 aliphatic carbocycles. The molecule has 2 fully saturated rings. The van der Waals surface area contributed by atoms with Crippen molar-refractivity contribution in [1.82, 2.24) is 9.88 Å². The third kappa shape index (κ3) is 5.24. The number of carboxylic acid groups (broad SMARTS) is 1. The van der Waals surface area contributed by atoms with Gasteiger partial charge in [0.25, 0.3) is 5.91 Å². The smallest absolute Gasteiger partial charge is 0.322 e. The number of amides is 2. The van der Waals surface area contributed by atoms with E-state index >= 15 is 8.78 Å². The van der Waals surface area contributed by atoms with Crippen molar-refractivity contribution >= 4 is 34.4 Å². The predicted molar refractivity (Wildman–Crippen MR) is 146 cm³/mol. The fourth-order valence-corrected chi connectivity index (χ4v) is 5.29. The van der Waals surface area contributed by atoms with Gasteiger partial charge in [0.15, 0.2) is 11.6 Å². The van der Waals surface area contributed by atoms with E-state index in [0.717, 1.165) is 18.9 Å². The highest BCUT2D eigenvalue weighted by molar-refractivity contribution is 6.04. The molecule has 0 radical (unpaired) electrons. The number of methoxy groups -OCH3 is 1. The van der Waals surface area contributed by atoms with Gasteiger partial charge in [0.2, 0.25) is 5.43 Å². The first-order valence-corrected chi connectivity index (χ1v) is 13.2. The van der Waals surface area contributed by atoms with Crippen LogP contribution in [0.2, 0.25) is 0 Å². The molecule has 3 aromatic rings. The molecule has 42 heavy (non-hydrogen) atoms. The molecule has 218 valence electrons. The van der Waals surface area contributed by atoms with Crippen molar-refractivity contribution in [3.8, 4) is 5.75 Å². The summed E-state index contributed by atoms with van der Waals surface area (Å²) in [6.07, 6.45) is 3.49. The van der Waals surface area contributed by atoms with Gasteiger partial charge in [-0.2, -0.15) is 0 Å². The summed E-state index contributed by atoms with van der Waals surface area (Å²) >= 11 is 0. The van der Waals surface area contributed by atoms with E-state index in [9.17, 15) is 29.2 Å². The van der Waals surface area contributed by atoms with Gasteiger partial charge in [0.1, 0.15) is 17.1 Å². The Morgan fingerprint density at radius 2 is 1.88 bits per heavy atom. The maximum atomic E-state index is 15.7. The molecule has 2 aliphatic rings. The number of carbonyl (C=O) groups excluding carboxylic acids is 3. The van der Waals surface area contributed by atoms with Crippen LogP contribution in [0.25, 0.3) is 10.9 Å². The van der Waals surface area contributed by atoms with E-state index in [1.54, 1.807) is 9.47 Å². The van der Waals surface area contributed by atoms with Crippen LogP contribution in [0.4, 0.5) is 14.5 Å². The lowest BCUT2D eigenvalue weighted by atomic mass is 10.0. The maximum Gasteiger partial charge on any atom is 0.322 e. The van der Waals surface area contributed by atoms with Crippen LogP contribution >= 0.6 is 0 Å². The minimum absolute atomic E-state index is 0.00306. The summed E-state index contributed by atoms with van der Waals surface area (Å²) < 4.78 is 38.3. The number of anilines is 1. The Morgan fingerprint density at radius 3 is 2.52 bits per heavy atom. The average Bonchev–Trinajstić information content (AvgIpc) is 3.84. The Kier molecular flexibility index (Phi) is 7.83. The zero-order valence-electron chi connectivity index (χ0n) is 22.4. The van der Waals surface area contributed by atoms with Crippen molar-refractivity contribution in [3.05, 3.63) is 85.6 Å². The summed E-state index contributed by atoms with van der Waals surface area (Å²) in [7, 11) is 1.31. The van der Waals surface area contributed by atoms with Crippen LogP contribution in [0.5, 0.6) is 5.75 Å². The molecule has 0 bridgehead atoms. The Morgan fingerprint density at radius 1 is 1.17 bits per heavy atom. The number of fused-ring (bicyclic) bond motifs is 1. The van der Waals surface area contributed by atoms with E-state index in [1.165, 1.54) is 37.6 Å². The standard InChI is InChI=1S/C29H26F2N4O7/c1-42-26-23-19(25(36)20(28(38)33-41)14-35(23)16-8-9-16)11-21(30)24(26)34-10-4-5-15(13-34)22(31)12-32-27(37)17-6-2-3-7-18(17)29(39)40/h2-3,6-7,11,14,16H,4-5,8-10,12-13H2,1H3,(H,32,37)(H,39,40)/p-1/b22-15+. The lowest BCUT2D eigenvalue weighted by Gasteiger charge is -2.33. The van der Waals surface area contributed by atoms with E-state index in [2.05, 4.69) is 10.5 Å². The number of hydrogen-bond acceptors (Lipinski definition) is 8. The van der Waals surface area contributed by atoms with Crippen LogP contribution in [0, 0.1) is 10.7 Å². The zero-order chi connectivity index (χ0) is 30.1. The van der Waals surface area contributed by atoms with Gasteiger partial charge >= 0.3 is 5.91 Å². The molecule has 1 N–H and O–H groups in total. The van der Waals surface area contributed by atoms with Gasteiger partial charge in [-0.15, -0.1) is 4.91 Å². The quantitative estimate of drug-likeness (QED) is 0.400. The minimum Gasteiger partial charge on any atom is -0.545 e. The molecular formula is C29H25F2N4O7-. The molecule has 1 saturated carbocycles. The van der Waals surface area contributed by atoms with E-state index in [1.807, 2.05) is 0 Å². The number of rotatable bonds is 8. The van der Waals surface area contributed by atoms with Crippen molar-refractivity contribution in [2.45, 2.75) is 31.7 Å². The Bertz CT molecular complexity index is 1730. The Hall–Kier alpha value is -4.94. The lowest BCUT2D eigenvalue weighted by molar-refractivity contribution is -0.255. The van der Waals surface area contributed by atoms with Gasteiger partial charge in [0.05, 0.1) is 30.5 Å². The summed E-state index contributed by atoms with van der Waals surface area (Å²) in [4.78, 5) is 61.4. The van der Waals surface area contributed by atoms with Crippen molar-refractivity contribution in [1.29, 1.82) is 0 Å². The second-order valence-corrected chi connectivity index (χ2v) is 10.1. The van der Waals surface area contributed by atoms with Crippen LogP contribution in [-0.2, 0) is 0 Å². The van der Waals surface area contributed by atoms with Gasteiger partial charge < -0.3 is 29.4 Å². The lowest BCUT2D eigenvalue weighted by Crippen LogP contribution is -2.34. The van der Waals surface area contributed by atoms with Gasteiger partial charge in [-0.05, 0) is 43.4 Å². The van der Waals surface area contributed by atoms with Crippen molar-refractivity contribution in [2.24, 2.45) is 5.18 Å². The number of nitrogens with zero attached hydrogens (tertiary/aromatic N) is 3. The van der Waals surface area contributed by atoms with Crippen LogP contribution < -0.4 is 25.5 Å². The highest BCUT2D eigenvalue weighted by Gasteiger charge is 2.32. The van der Waals surface area contributed by atoms with Gasteiger partial charge in [-0.1, -0.05) is 18.2 Å². The number of aromatic carboxylic acids is 1. The highest BCUT2D eigenvalue weighted by atomic mass is 19.1. The second-order valence-electron chi connectivity index (χ2n) is 10.1. The Labute approximate surface area is 237 Å². The number of piperidine rings is 1. The number of benzene rings is 2. The van der Waals surface area contributed by atoms with Crippen molar-refractivity contribution in [3.63, 3.8) is 0 Å². The summed E-state index contributed by atoms with van der Waals surface area (Å²) in [5.74, 6) is -5.04. The molecule has 0 spiro atoms. The normalized spacial score (nSPS) is 16.2. The molecule has 11 nitrogen and oxygen atoms in total. The van der Waals surface area contributed by atoms with Crippen LogP contribution in [-0.4, -0.2) is 49.1 Å². The van der Waals surface area contributed by atoms with Gasteiger partial charge in [0, 0.05) is 41.6 Å². The van der Waals surface area contributed by atoms with Crippen LogP contribution in [0.1, 0.15) is 62.8 Å². The summed E-state index contributed by atoms with van der Waals surface area (Å²) in [5, 5.41) is 15.9. The fourth-order valence-electron chi connectivity index (χ4n) is 5.29. The van der Waals surface area contributed by atoms with Crippen LogP contribution in [0.15, 0.2) is 57.9 Å². The number of halogens is 2. The predicted octanol–water partition coefficient (Wildman–Crippen LogP) is 3.01. The van der Waals surface area contributed by atoms with Gasteiger partial charge in [-0.25, -0.2) is 8.78 Å². The SMILES string of the molecule is COc1c(N2CCC/C(=C(\F)CNC(=O)c3ccccc3C(=O)[O-])C2)c(F)cc2c(=O)c(C(=O)N=O)cn(C3CC3)c12. The first-order valence-electron chi connectivity index (χ1n) is 13.2. The molecule has 1 saturated heterocycles. The summed E-state index contributed by atoms with van der Waals surface area (Å²) in [5.41, 5.74) is -1.26. The van der Waals surface area contributed by atoms with Crippen molar-refractivity contribution in [2.75, 3.05) is 31.6 Å². The number of aromatic nitrogens is 1. The fraction of sp³-hybridized carbons (Fsp3) is 0.310. The summed E-state index contributed by atoms with van der Waals surface area (Å²) in [6.45, 7) is -0.223. The molecule has 2 amide bonds. The molecule has 13 heteroatoms. The minimum atomic E-state index is -1.54. The number of nitroso groups, excluding NO2 is 1. The van der Waals surface area contributed by atoms with Crippen molar-refractivity contribution < 1.29 is 33.0 Å². The Balaban J connectivity index is 1.48. The van der Waals surface area contributed by atoms with Crippen LogP contribution in [0.3, 0.4) is 0 Å². The average molecular weight is 580 g/mol. The molecule has 1 aliphatic heterocycles. The maximum absolute atomic E-state index is 15.7. The molecule has 2 heterocycles. The number of nitrogens with one attached hydrogen (secondary N) is 1. The van der Waals surface area contributed by atoms with Gasteiger partial charge in [-0.3, -0.25) is 14.4 Å². The topological polar surface area (TPSA) is 150 Å². The number of carboxylic acids is 1. The number of carbonyl (C=O) groups is 3. The third-order valence-electron chi connectivity index (χ3n) is 7.44. The first kappa shape index (κ1) is 28.6. The first-order chi connectivity index (χ1) is 20.2. The molecular weight excluding hydrogens is 554 g/mol. The number of pyridine rings is 1. The molecule has 1 aromatic heterocycles. The summed E-state index contributed by atoms with van der Waals surface area (Å²) in [6, 6.07) is 6.30.